The monoisotopic (exact) mass is 359 g/mol. The van der Waals surface area contributed by atoms with Crippen molar-refractivity contribution in [2.24, 2.45) is 0 Å². The highest BCUT2D eigenvalue weighted by molar-refractivity contribution is 5.92. The molecule has 2 N–H and O–H groups in total. The number of hydrogen-bond acceptors (Lipinski definition) is 3. The Labute approximate surface area is 156 Å². The first-order valence-corrected chi connectivity index (χ1v) is 9.87. The number of aromatic nitrogens is 1. The summed E-state index contributed by atoms with van der Waals surface area (Å²) >= 11 is 0. The van der Waals surface area contributed by atoms with Gasteiger partial charge in [-0.05, 0) is 58.4 Å². The van der Waals surface area contributed by atoms with Crippen LogP contribution in [0.1, 0.15) is 55.8 Å². The molecule has 1 aromatic heterocycles. The van der Waals surface area contributed by atoms with Gasteiger partial charge in [-0.15, -0.1) is 0 Å². The number of nitrogens with one attached hydrogen (secondary N) is 2. The average Bonchev–Trinajstić information content (AvgIpc) is 3.20. The van der Waals surface area contributed by atoms with Crippen LogP contribution in [0.3, 0.4) is 0 Å². The van der Waals surface area contributed by atoms with Crippen LogP contribution in [-0.2, 0) is 16.1 Å². The number of anilines is 1. The molecule has 2 aliphatic heterocycles. The maximum Gasteiger partial charge on any atom is 0.280 e. The minimum absolute atomic E-state index is 0.00339. The minimum atomic E-state index is -0.00339. The third-order valence-electron chi connectivity index (χ3n) is 6.08. The van der Waals surface area contributed by atoms with Crippen LogP contribution in [0.15, 0.2) is 0 Å². The number of likely N-dealkylation sites (tertiary alicyclic amines) is 1. The maximum atomic E-state index is 12.7. The van der Waals surface area contributed by atoms with Crippen molar-refractivity contribution in [2.45, 2.75) is 71.6 Å². The van der Waals surface area contributed by atoms with E-state index in [0.717, 1.165) is 37.3 Å². The first kappa shape index (κ1) is 18.9. The molecule has 0 bridgehead atoms. The van der Waals surface area contributed by atoms with Gasteiger partial charge in [0.25, 0.3) is 5.91 Å². The molecule has 2 aliphatic rings. The lowest BCUT2D eigenvalue weighted by Gasteiger charge is -2.29. The minimum Gasteiger partial charge on any atom is -0.376 e. The highest BCUT2D eigenvalue weighted by Gasteiger charge is 2.27. The van der Waals surface area contributed by atoms with Crippen LogP contribution in [-0.4, -0.2) is 42.3 Å². The van der Waals surface area contributed by atoms with Crippen molar-refractivity contribution in [2.75, 3.05) is 25.0 Å². The van der Waals surface area contributed by atoms with Gasteiger partial charge in [-0.25, -0.2) is 0 Å². The summed E-state index contributed by atoms with van der Waals surface area (Å²) in [6.07, 6.45) is 5.89. The molecule has 1 amide bonds. The van der Waals surface area contributed by atoms with Gasteiger partial charge >= 0.3 is 0 Å². The van der Waals surface area contributed by atoms with Crippen molar-refractivity contribution >= 4 is 11.7 Å². The zero-order valence-electron chi connectivity index (χ0n) is 16.2. The topological polar surface area (TPSA) is 71.5 Å². The summed E-state index contributed by atoms with van der Waals surface area (Å²) in [5, 5.41) is 12.7. The molecule has 1 unspecified atom stereocenters. The highest BCUT2D eigenvalue weighted by Crippen LogP contribution is 2.28. The van der Waals surface area contributed by atoms with Gasteiger partial charge in [0.05, 0.1) is 30.8 Å². The number of nitrogens with zero attached hydrogens (tertiary/aromatic N) is 2. The van der Waals surface area contributed by atoms with E-state index < -0.39 is 0 Å². The number of piperidine rings is 1. The summed E-state index contributed by atoms with van der Waals surface area (Å²) in [5.41, 5.74) is 2.56. The molecule has 0 aliphatic carbocycles. The van der Waals surface area contributed by atoms with E-state index in [9.17, 15) is 10.1 Å². The second kappa shape index (κ2) is 8.24. The first-order valence-electron chi connectivity index (χ1n) is 9.87. The van der Waals surface area contributed by atoms with Crippen molar-refractivity contribution < 1.29 is 14.4 Å². The van der Waals surface area contributed by atoms with Crippen LogP contribution >= 0.6 is 0 Å². The molecule has 3 heterocycles. The number of nitriles is 1. The van der Waals surface area contributed by atoms with Gasteiger partial charge in [-0.2, -0.15) is 5.26 Å². The number of hydrogen-bond donors (Lipinski definition) is 2. The Kier molecular flexibility index (Phi) is 6.00. The number of ether oxygens (including phenoxy) is 1. The molecule has 2 saturated heterocycles. The Morgan fingerprint density at radius 1 is 1.35 bits per heavy atom. The smallest absolute Gasteiger partial charge is 0.280 e. The molecule has 142 valence electrons. The van der Waals surface area contributed by atoms with E-state index in [1.165, 1.54) is 24.2 Å². The molecule has 0 saturated carbocycles. The number of quaternary nitrogens is 1. The van der Waals surface area contributed by atoms with E-state index in [-0.39, 0.29) is 12.0 Å². The Morgan fingerprint density at radius 2 is 2.15 bits per heavy atom. The molecular weight excluding hydrogens is 328 g/mol. The number of amides is 1. The average molecular weight is 359 g/mol. The Balaban J connectivity index is 1.77. The summed E-state index contributed by atoms with van der Waals surface area (Å²) in [6.45, 7) is 9.19. The van der Waals surface area contributed by atoms with Gasteiger partial charge in [0.2, 0.25) is 0 Å². The Hall–Kier alpha value is -1.84. The highest BCUT2D eigenvalue weighted by atomic mass is 16.5. The summed E-state index contributed by atoms with van der Waals surface area (Å²) in [5.74, 6) is 0.642. The van der Waals surface area contributed by atoms with Crippen molar-refractivity contribution in [3.8, 4) is 6.07 Å². The third-order valence-corrected chi connectivity index (χ3v) is 6.08. The zero-order valence-corrected chi connectivity index (χ0v) is 16.2. The second-order valence-corrected chi connectivity index (χ2v) is 7.82. The summed E-state index contributed by atoms with van der Waals surface area (Å²) in [7, 11) is 0. The van der Waals surface area contributed by atoms with Crippen molar-refractivity contribution in [1.82, 2.24) is 4.57 Å². The fourth-order valence-electron chi connectivity index (χ4n) is 4.25. The molecule has 0 radical (unpaired) electrons. The van der Waals surface area contributed by atoms with Gasteiger partial charge in [0.1, 0.15) is 11.9 Å². The molecule has 0 aromatic carbocycles. The van der Waals surface area contributed by atoms with Crippen LogP contribution in [0, 0.1) is 25.2 Å². The molecule has 26 heavy (non-hydrogen) atoms. The van der Waals surface area contributed by atoms with E-state index in [4.69, 9.17) is 4.74 Å². The number of carbonyl (C=O) groups is 1. The fraction of sp³-hybridized carbons (Fsp3) is 0.700. The van der Waals surface area contributed by atoms with E-state index in [0.29, 0.717) is 30.5 Å². The molecule has 3 atom stereocenters. The molecular formula is C20H31N4O2+. The van der Waals surface area contributed by atoms with Gasteiger partial charge in [0.15, 0.2) is 6.54 Å². The zero-order chi connectivity index (χ0) is 18.7. The molecule has 6 heteroatoms. The summed E-state index contributed by atoms with van der Waals surface area (Å²) < 4.78 is 7.84. The fourth-order valence-corrected chi connectivity index (χ4v) is 4.25. The number of rotatable bonds is 5. The SMILES string of the molecule is Cc1c(C#N)c(NC(=O)C[NH+]2CCCC[C@H]2C)n(C[C@@H]2CCCO2)c1C. The van der Waals surface area contributed by atoms with Crippen molar-refractivity contribution in [3.05, 3.63) is 16.8 Å². The van der Waals surface area contributed by atoms with E-state index in [2.05, 4.69) is 22.9 Å². The summed E-state index contributed by atoms with van der Waals surface area (Å²) in [6, 6.07) is 2.81. The molecule has 1 aromatic rings. The molecule has 6 nitrogen and oxygen atoms in total. The van der Waals surface area contributed by atoms with Crippen LogP contribution in [0.25, 0.3) is 0 Å². The quantitative estimate of drug-likeness (QED) is 0.838. The lowest BCUT2D eigenvalue weighted by Crippen LogP contribution is -3.17. The van der Waals surface area contributed by atoms with Crippen LogP contribution in [0.4, 0.5) is 5.82 Å². The van der Waals surface area contributed by atoms with Gasteiger partial charge < -0.3 is 19.5 Å². The first-order chi connectivity index (χ1) is 12.5. The lowest BCUT2D eigenvalue weighted by atomic mass is 10.0. The molecule has 2 fully saturated rings. The Bertz CT molecular complexity index is 698. The standard InChI is InChI=1S/C20H30N4O2/c1-14-7-4-5-9-23(14)13-19(25)22-20-18(11-21)15(2)16(3)24(20)12-17-8-6-10-26-17/h14,17H,4-10,12-13H2,1-3H3,(H,22,25)/p+1/t14-,17+/m1/s1. The largest absolute Gasteiger partial charge is 0.376 e. The lowest BCUT2D eigenvalue weighted by molar-refractivity contribution is -0.920. The Morgan fingerprint density at radius 3 is 2.81 bits per heavy atom. The van der Waals surface area contributed by atoms with E-state index >= 15 is 0 Å². The second-order valence-electron chi connectivity index (χ2n) is 7.82. The van der Waals surface area contributed by atoms with Gasteiger partial charge in [-0.1, -0.05) is 0 Å². The third kappa shape index (κ3) is 3.94. The predicted octanol–water partition coefficient (Wildman–Crippen LogP) is 1.55. The number of carbonyl (C=O) groups excluding carboxylic acids is 1. The predicted molar refractivity (Wildman–Crippen MR) is 100 cm³/mol. The normalized spacial score (nSPS) is 25.8. The van der Waals surface area contributed by atoms with Crippen LogP contribution < -0.4 is 10.2 Å². The molecule has 0 spiro atoms. The van der Waals surface area contributed by atoms with Gasteiger partial charge in [-0.3, -0.25) is 4.79 Å². The van der Waals surface area contributed by atoms with Crippen molar-refractivity contribution in [1.29, 1.82) is 5.26 Å². The van der Waals surface area contributed by atoms with E-state index in [1.807, 2.05) is 13.8 Å². The van der Waals surface area contributed by atoms with Crippen molar-refractivity contribution in [3.63, 3.8) is 0 Å². The van der Waals surface area contributed by atoms with Gasteiger partial charge in [0, 0.05) is 12.3 Å². The van der Waals surface area contributed by atoms with Crippen LogP contribution in [0.2, 0.25) is 0 Å². The van der Waals surface area contributed by atoms with E-state index in [1.54, 1.807) is 0 Å². The summed E-state index contributed by atoms with van der Waals surface area (Å²) in [4.78, 5) is 14.1. The molecule has 3 rings (SSSR count). The maximum absolute atomic E-state index is 12.7. The van der Waals surface area contributed by atoms with Crippen LogP contribution in [0.5, 0.6) is 0 Å².